The van der Waals surface area contributed by atoms with Crippen LogP contribution in [-0.2, 0) is 10.1 Å². The Bertz CT molecular complexity index is 236. The van der Waals surface area contributed by atoms with Crippen LogP contribution in [0.3, 0.4) is 0 Å². The molecule has 0 radical (unpaired) electrons. The Hall–Kier alpha value is -0.880. The summed E-state index contributed by atoms with van der Waals surface area (Å²) in [5.74, 6) is -0.312. The first-order valence-electron chi connectivity index (χ1n) is 2.98. The van der Waals surface area contributed by atoms with Gasteiger partial charge in [0.2, 0.25) is 6.33 Å². The lowest BCUT2D eigenvalue weighted by molar-refractivity contribution is -0.375. The Balaban J connectivity index is 0.000000183. The van der Waals surface area contributed by atoms with Crippen LogP contribution in [0.15, 0.2) is 18.7 Å². The van der Waals surface area contributed by atoms with Gasteiger partial charge in [0.15, 0.2) is 0 Å². The van der Waals surface area contributed by atoms with E-state index < -0.39 is 10.1 Å². The van der Waals surface area contributed by atoms with Crippen molar-refractivity contribution in [2.75, 3.05) is 5.75 Å². The fourth-order valence-corrected chi connectivity index (χ4v) is 0.241. The van der Waals surface area contributed by atoms with Crippen molar-refractivity contribution in [3.8, 4) is 0 Å². The zero-order chi connectivity index (χ0) is 8.74. The predicted molar refractivity (Wildman–Crippen MR) is 37.6 cm³/mol. The van der Waals surface area contributed by atoms with Gasteiger partial charge in [0.1, 0.15) is 12.4 Å². The summed E-state index contributed by atoms with van der Waals surface area (Å²) in [6.45, 7) is 1.31. The maximum absolute atomic E-state index is 9.44. The number of rotatable bonds is 1. The van der Waals surface area contributed by atoms with Crippen molar-refractivity contribution in [2.45, 2.75) is 6.92 Å². The molecule has 0 aliphatic heterocycles. The van der Waals surface area contributed by atoms with Gasteiger partial charge in [-0.1, -0.05) is 6.92 Å². The van der Waals surface area contributed by atoms with Gasteiger partial charge < -0.3 is 4.55 Å². The molecule has 5 nitrogen and oxygen atoms in total. The standard InChI is InChI=1S/C3H4N2.C2H6O3S/c1-2-5-3-4-1;1-2-6(3,4)5/h1-3H,(H,4,5);2H2,1H3,(H,3,4,5). The highest BCUT2D eigenvalue weighted by atomic mass is 32.2. The van der Waals surface area contributed by atoms with Crippen molar-refractivity contribution in [1.82, 2.24) is 4.98 Å². The first-order chi connectivity index (χ1) is 5.06. The summed E-state index contributed by atoms with van der Waals surface area (Å²) in [4.78, 5) is 5.61. The second-order valence-corrected chi connectivity index (χ2v) is 3.35. The molecule has 64 valence electrons. The number of aromatic amines is 2. The van der Waals surface area contributed by atoms with Gasteiger partial charge in [-0.3, -0.25) is 9.97 Å². The molecule has 1 aromatic heterocycles. The minimum Gasteiger partial charge on any atom is -0.748 e. The molecule has 0 unspecified atom stereocenters. The average Bonchev–Trinajstić information content (AvgIpc) is 2.41. The van der Waals surface area contributed by atoms with Gasteiger partial charge in [-0.05, 0) is 0 Å². The largest absolute Gasteiger partial charge is 0.748 e. The lowest BCUT2D eigenvalue weighted by atomic mass is 11.0. The molecule has 0 aromatic carbocycles. The van der Waals surface area contributed by atoms with Crippen molar-refractivity contribution in [2.24, 2.45) is 0 Å². The highest BCUT2D eigenvalue weighted by Gasteiger charge is 1.80. The van der Waals surface area contributed by atoms with E-state index in [1.54, 1.807) is 6.33 Å². The average molecular weight is 178 g/mol. The topological polar surface area (TPSA) is 87.1 Å². The van der Waals surface area contributed by atoms with Gasteiger partial charge in [0.25, 0.3) is 0 Å². The van der Waals surface area contributed by atoms with E-state index in [1.807, 2.05) is 12.4 Å². The first kappa shape index (κ1) is 10.1. The van der Waals surface area contributed by atoms with Crippen molar-refractivity contribution in [1.29, 1.82) is 0 Å². The maximum Gasteiger partial charge on any atom is 0.239 e. The molecule has 1 aromatic rings. The van der Waals surface area contributed by atoms with Gasteiger partial charge in [0.05, 0.1) is 10.1 Å². The summed E-state index contributed by atoms with van der Waals surface area (Å²) in [6, 6.07) is 0. The SMILES string of the molecule is CCS(=O)(=O)[O-].c1c[nH+]c[nH]1. The van der Waals surface area contributed by atoms with Gasteiger partial charge in [0, 0.05) is 5.75 Å². The van der Waals surface area contributed by atoms with Crippen LogP contribution in [0.5, 0.6) is 0 Å². The quantitative estimate of drug-likeness (QED) is 0.581. The zero-order valence-corrected chi connectivity index (χ0v) is 6.89. The van der Waals surface area contributed by atoms with Crippen molar-refractivity contribution < 1.29 is 18.0 Å². The minimum absolute atomic E-state index is 0.312. The molecule has 0 saturated heterocycles. The van der Waals surface area contributed by atoms with Gasteiger partial charge in [-0.2, -0.15) is 0 Å². The molecule has 0 fully saturated rings. The molecule has 1 rings (SSSR count). The van der Waals surface area contributed by atoms with Crippen LogP contribution in [0, 0.1) is 0 Å². The molecule has 0 aliphatic carbocycles. The van der Waals surface area contributed by atoms with Gasteiger partial charge in [-0.25, -0.2) is 8.42 Å². The van der Waals surface area contributed by atoms with E-state index >= 15 is 0 Å². The lowest BCUT2D eigenvalue weighted by Crippen LogP contribution is -1.98. The fourth-order valence-electron chi connectivity index (χ4n) is 0.241. The maximum atomic E-state index is 9.44. The Morgan fingerprint density at radius 1 is 1.64 bits per heavy atom. The molecule has 0 bridgehead atoms. The summed E-state index contributed by atoms with van der Waals surface area (Å²) in [6.07, 6.45) is 5.39. The first-order valence-corrected chi connectivity index (χ1v) is 4.56. The molecule has 6 heteroatoms. The van der Waals surface area contributed by atoms with Crippen LogP contribution in [0.2, 0.25) is 0 Å². The second-order valence-electron chi connectivity index (χ2n) is 1.66. The van der Waals surface area contributed by atoms with E-state index in [-0.39, 0.29) is 5.75 Å². The number of imidazole rings is 1. The summed E-state index contributed by atoms with van der Waals surface area (Å²) in [5.41, 5.74) is 0. The van der Waals surface area contributed by atoms with Crippen LogP contribution >= 0.6 is 0 Å². The molecule has 1 heterocycles. The third kappa shape index (κ3) is 9.12. The van der Waals surface area contributed by atoms with Crippen LogP contribution in [0.4, 0.5) is 0 Å². The fraction of sp³-hybridized carbons (Fsp3) is 0.400. The van der Waals surface area contributed by atoms with Crippen molar-refractivity contribution in [3.05, 3.63) is 18.7 Å². The Morgan fingerprint density at radius 2 is 2.18 bits per heavy atom. The monoisotopic (exact) mass is 178 g/mol. The Morgan fingerprint density at radius 3 is 2.27 bits per heavy atom. The normalized spacial score (nSPS) is 10.0. The van der Waals surface area contributed by atoms with E-state index in [2.05, 4.69) is 9.97 Å². The number of nitrogens with one attached hydrogen (secondary N) is 2. The molecular weight excluding hydrogens is 168 g/mol. The van der Waals surface area contributed by atoms with Crippen LogP contribution < -0.4 is 4.98 Å². The van der Waals surface area contributed by atoms with E-state index in [1.165, 1.54) is 6.92 Å². The third-order valence-corrected chi connectivity index (χ3v) is 1.50. The molecule has 2 N–H and O–H groups in total. The molecule has 0 aliphatic rings. The highest BCUT2D eigenvalue weighted by molar-refractivity contribution is 7.85. The minimum atomic E-state index is -3.91. The predicted octanol–water partition coefficient (Wildman–Crippen LogP) is -0.620. The molecule has 0 amide bonds. The number of hydrogen-bond donors (Lipinski definition) is 1. The van der Waals surface area contributed by atoms with Crippen LogP contribution in [0.25, 0.3) is 0 Å². The van der Waals surface area contributed by atoms with Crippen LogP contribution in [0.1, 0.15) is 6.92 Å². The van der Waals surface area contributed by atoms with Gasteiger partial charge in [-0.15, -0.1) is 0 Å². The van der Waals surface area contributed by atoms with Crippen LogP contribution in [-0.4, -0.2) is 23.7 Å². The molecular formula is C5H10N2O3S. The Kier molecular flexibility index (Phi) is 4.47. The number of hydrogen-bond acceptors (Lipinski definition) is 3. The van der Waals surface area contributed by atoms with Gasteiger partial charge >= 0.3 is 0 Å². The summed E-state index contributed by atoms with van der Waals surface area (Å²) in [5, 5.41) is 0. The second kappa shape index (κ2) is 4.86. The molecule has 0 spiro atoms. The summed E-state index contributed by atoms with van der Waals surface area (Å²) < 4.78 is 28.3. The smallest absolute Gasteiger partial charge is 0.239 e. The van der Waals surface area contributed by atoms with E-state index in [0.29, 0.717) is 0 Å². The third-order valence-electron chi connectivity index (χ3n) is 0.796. The number of aromatic nitrogens is 2. The van der Waals surface area contributed by atoms with Crippen molar-refractivity contribution >= 4 is 10.1 Å². The number of H-pyrrole nitrogens is 2. The molecule has 0 atom stereocenters. The zero-order valence-electron chi connectivity index (χ0n) is 6.07. The summed E-state index contributed by atoms with van der Waals surface area (Å²) >= 11 is 0. The molecule has 0 saturated carbocycles. The lowest BCUT2D eigenvalue weighted by Gasteiger charge is -1.97. The van der Waals surface area contributed by atoms with E-state index in [4.69, 9.17) is 0 Å². The van der Waals surface area contributed by atoms with Crippen molar-refractivity contribution in [3.63, 3.8) is 0 Å². The molecule has 11 heavy (non-hydrogen) atoms. The van der Waals surface area contributed by atoms with E-state index in [0.717, 1.165) is 0 Å². The van der Waals surface area contributed by atoms with E-state index in [9.17, 15) is 13.0 Å². The summed E-state index contributed by atoms with van der Waals surface area (Å²) in [7, 11) is -3.91. The highest BCUT2D eigenvalue weighted by Crippen LogP contribution is 1.73. The Labute approximate surface area is 65.2 Å².